The highest BCUT2D eigenvalue weighted by Crippen LogP contribution is 2.51. The summed E-state index contributed by atoms with van der Waals surface area (Å²) in [6, 6.07) is 0.129. The molecule has 138 valence electrons. The van der Waals surface area contributed by atoms with Crippen molar-refractivity contribution in [1.29, 1.82) is 0 Å². The average Bonchev–Trinajstić information content (AvgIpc) is 3.15. The Hall–Kier alpha value is -0.380. The summed E-state index contributed by atoms with van der Waals surface area (Å²) in [4.78, 5) is 10.9. The molecule has 7 nitrogen and oxygen atoms in total. The number of carbonyl (C=O) groups is 1. The maximum atomic E-state index is 10.9. The van der Waals surface area contributed by atoms with Gasteiger partial charge in [0.2, 0.25) is 0 Å². The Labute approximate surface area is 145 Å². The van der Waals surface area contributed by atoms with Crippen LogP contribution in [0.3, 0.4) is 0 Å². The normalized spacial score (nSPS) is 47.9. The lowest BCUT2D eigenvalue weighted by molar-refractivity contribution is -0.136. The van der Waals surface area contributed by atoms with Gasteiger partial charge in [-0.15, -0.1) is 11.8 Å². The molecule has 4 unspecified atom stereocenters. The number of nitrogens with one attached hydrogen (secondary N) is 1. The molecule has 2 bridgehead atoms. The van der Waals surface area contributed by atoms with Crippen molar-refractivity contribution >= 4 is 17.7 Å². The minimum atomic E-state index is -1.25. The molecule has 24 heavy (non-hydrogen) atoms. The molecule has 0 aromatic rings. The first-order valence-electron chi connectivity index (χ1n) is 8.68. The van der Waals surface area contributed by atoms with Crippen LogP contribution in [0, 0.1) is 17.8 Å². The predicted molar refractivity (Wildman–Crippen MR) is 88.6 cm³/mol. The number of thioether (sulfide) groups is 1. The smallest absolute Gasteiger partial charge is 0.317 e. The maximum absolute atomic E-state index is 10.9. The zero-order chi connectivity index (χ0) is 17.4. The van der Waals surface area contributed by atoms with Crippen molar-refractivity contribution in [1.82, 2.24) is 5.32 Å². The fraction of sp³-hybridized carbons (Fsp3) is 0.938. The number of hydrogen-bond acceptors (Lipinski definition) is 7. The molecule has 0 radical (unpaired) electrons. The van der Waals surface area contributed by atoms with Gasteiger partial charge in [-0.05, 0) is 43.4 Å². The van der Waals surface area contributed by atoms with E-state index >= 15 is 0 Å². The second kappa shape index (κ2) is 7.47. The molecule has 6 N–H and O–H groups in total. The van der Waals surface area contributed by atoms with Gasteiger partial charge in [0.25, 0.3) is 0 Å². The minimum absolute atomic E-state index is 0.0641. The number of carboxylic acid groups (broad SMARTS) is 1. The third-order valence-electron chi connectivity index (χ3n) is 6.07. The summed E-state index contributed by atoms with van der Waals surface area (Å²) >= 11 is 1.34. The molecule has 0 spiro atoms. The van der Waals surface area contributed by atoms with Crippen LogP contribution in [0.1, 0.15) is 25.7 Å². The van der Waals surface area contributed by atoms with Crippen molar-refractivity contribution in [3.05, 3.63) is 0 Å². The molecule has 0 amide bonds. The van der Waals surface area contributed by atoms with Crippen molar-refractivity contribution in [3.63, 3.8) is 0 Å². The average molecular weight is 361 g/mol. The number of carboxylic acids is 1. The maximum Gasteiger partial charge on any atom is 0.317 e. The van der Waals surface area contributed by atoms with Gasteiger partial charge in [-0.25, -0.2) is 0 Å². The van der Waals surface area contributed by atoms with E-state index in [1.54, 1.807) is 0 Å². The fourth-order valence-corrected chi connectivity index (χ4v) is 6.43. The SMILES string of the molecule is O=C(O)CNC1C2CCC(C2)C1C[C@@H]1S[C@H](CO)[C@H](O)[C@H](O)[C@H]1O. The lowest BCUT2D eigenvalue weighted by Crippen LogP contribution is -2.55. The van der Waals surface area contributed by atoms with E-state index in [-0.39, 0.29) is 30.4 Å². The third kappa shape index (κ3) is 3.45. The van der Waals surface area contributed by atoms with Crippen molar-refractivity contribution in [2.75, 3.05) is 13.2 Å². The molecule has 9 atom stereocenters. The standard InChI is InChI=1S/C16H27NO6S/c18-6-11-15(22)16(23)14(21)10(24-11)4-9-7-1-2-8(3-7)13(9)17-5-12(19)20/h7-11,13-18,21-23H,1-6H2,(H,19,20)/t7?,8?,9?,10-,11+,13?,14-,15-,16+/m0/s1. The molecular weight excluding hydrogens is 334 g/mol. The molecule has 1 aliphatic heterocycles. The molecule has 2 saturated carbocycles. The first-order valence-corrected chi connectivity index (χ1v) is 9.62. The molecule has 2 aliphatic carbocycles. The van der Waals surface area contributed by atoms with Crippen molar-refractivity contribution < 1.29 is 30.3 Å². The Morgan fingerprint density at radius 2 is 1.71 bits per heavy atom. The summed E-state index contributed by atoms with van der Waals surface area (Å²) in [5, 5.41) is 51.0. The van der Waals surface area contributed by atoms with Crippen LogP contribution in [0.25, 0.3) is 0 Å². The van der Waals surface area contributed by atoms with Crippen molar-refractivity contribution in [2.45, 2.75) is 60.5 Å². The minimum Gasteiger partial charge on any atom is -0.480 e. The molecule has 0 aromatic carbocycles. The molecule has 3 fully saturated rings. The Morgan fingerprint density at radius 3 is 2.38 bits per heavy atom. The molecule has 1 heterocycles. The predicted octanol–water partition coefficient (Wildman–Crippen LogP) is -0.976. The Bertz CT molecular complexity index is 464. The molecular formula is C16H27NO6S. The van der Waals surface area contributed by atoms with Crippen LogP contribution in [0.15, 0.2) is 0 Å². The lowest BCUT2D eigenvalue weighted by atomic mass is 9.80. The van der Waals surface area contributed by atoms with Gasteiger partial charge in [0, 0.05) is 11.3 Å². The monoisotopic (exact) mass is 361 g/mol. The number of aliphatic carboxylic acids is 1. The van der Waals surface area contributed by atoms with Gasteiger partial charge in [0.1, 0.15) is 6.10 Å². The highest BCUT2D eigenvalue weighted by atomic mass is 32.2. The Balaban J connectivity index is 1.67. The van der Waals surface area contributed by atoms with Crippen LogP contribution < -0.4 is 5.32 Å². The van der Waals surface area contributed by atoms with Crippen LogP contribution in [0.4, 0.5) is 0 Å². The summed E-state index contributed by atoms with van der Waals surface area (Å²) in [6.45, 7) is -0.311. The van der Waals surface area contributed by atoms with E-state index in [0.717, 1.165) is 19.3 Å². The van der Waals surface area contributed by atoms with Gasteiger partial charge in [-0.1, -0.05) is 0 Å². The molecule has 8 heteroatoms. The van der Waals surface area contributed by atoms with Crippen molar-refractivity contribution in [2.24, 2.45) is 17.8 Å². The van der Waals surface area contributed by atoms with Crippen LogP contribution in [0.2, 0.25) is 0 Å². The van der Waals surface area contributed by atoms with Gasteiger partial charge in [-0.2, -0.15) is 0 Å². The van der Waals surface area contributed by atoms with E-state index in [2.05, 4.69) is 5.32 Å². The second-order valence-corrected chi connectivity index (χ2v) is 8.88. The summed E-state index contributed by atoms with van der Waals surface area (Å²) in [7, 11) is 0. The van der Waals surface area contributed by atoms with E-state index in [1.807, 2.05) is 0 Å². The molecule has 1 saturated heterocycles. The second-order valence-electron chi connectivity index (χ2n) is 7.40. The van der Waals surface area contributed by atoms with Crippen LogP contribution >= 0.6 is 11.8 Å². The quantitative estimate of drug-likeness (QED) is 0.356. The number of fused-ring (bicyclic) bond motifs is 2. The van der Waals surface area contributed by atoms with Gasteiger partial charge >= 0.3 is 5.97 Å². The number of aliphatic hydroxyl groups excluding tert-OH is 4. The van der Waals surface area contributed by atoms with Gasteiger partial charge in [0.05, 0.1) is 30.6 Å². The van der Waals surface area contributed by atoms with Gasteiger partial charge in [-0.3, -0.25) is 4.79 Å². The lowest BCUT2D eigenvalue weighted by Gasteiger charge is -2.42. The zero-order valence-electron chi connectivity index (χ0n) is 13.5. The zero-order valence-corrected chi connectivity index (χ0v) is 14.3. The molecule has 3 aliphatic rings. The number of rotatable bonds is 6. The van der Waals surface area contributed by atoms with Crippen molar-refractivity contribution in [3.8, 4) is 0 Å². The van der Waals surface area contributed by atoms with E-state index in [1.165, 1.54) is 11.8 Å². The largest absolute Gasteiger partial charge is 0.480 e. The molecule has 3 rings (SSSR count). The molecule has 0 aromatic heterocycles. The van der Waals surface area contributed by atoms with Crippen LogP contribution in [-0.2, 0) is 4.79 Å². The van der Waals surface area contributed by atoms with Crippen LogP contribution in [-0.4, -0.2) is 79.5 Å². The highest BCUT2D eigenvalue weighted by Gasteiger charge is 2.50. The summed E-state index contributed by atoms with van der Waals surface area (Å²) in [5.74, 6) is 0.388. The summed E-state index contributed by atoms with van der Waals surface area (Å²) < 4.78 is 0. The first-order chi connectivity index (χ1) is 11.4. The van der Waals surface area contributed by atoms with E-state index < -0.39 is 29.5 Å². The Kier molecular flexibility index (Phi) is 5.73. The van der Waals surface area contributed by atoms with E-state index in [4.69, 9.17) is 5.11 Å². The van der Waals surface area contributed by atoms with Gasteiger partial charge < -0.3 is 30.8 Å². The van der Waals surface area contributed by atoms with E-state index in [0.29, 0.717) is 18.3 Å². The van der Waals surface area contributed by atoms with Crippen LogP contribution in [0.5, 0.6) is 0 Å². The Morgan fingerprint density at radius 1 is 1.04 bits per heavy atom. The topological polar surface area (TPSA) is 130 Å². The fourth-order valence-electron chi connectivity index (χ4n) is 4.91. The van der Waals surface area contributed by atoms with Gasteiger partial charge in [0.15, 0.2) is 0 Å². The van der Waals surface area contributed by atoms with E-state index in [9.17, 15) is 25.2 Å². The third-order valence-corrected chi connectivity index (χ3v) is 7.67. The first kappa shape index (κ1) is 18.4. The highest BCUT2D eigenvalue weighted by molar-refractivity contribution is 8.00. The number of aliphatic hydroxyl groups is 4. The number of hydrogen-bond donors (Lipinski definition) is 6. The summed E-state index contributed by atoms with van der Waals surface area (Å²) in [6.07, 6.45) is 0.563. The summed E-state index contributed by atoms with van der Waals surface area (Å²) in [5.41, 5.74) is 0.